The fourth-order valence-corrected chi connectivity index (χ4v) is 7.89. The Morgan fingerprint density at radius 3 is 2.46 bits per heavy atom. The average molecular weight is 620 g/mol. The zero-order valence-electron chi connectivity index (χ0n) is 21.0. The molecule has 6 atom stereocenters. The van der Waals surface area contributed by atoms with Crippen LogP contribution in [0.2, 0.25) is 5.15 Å². The Kier molecular flexibility index (Phi) is 5.50. The first-order valence-electron chi connectivity index (χ1n) is 12.9. The van der Waals surface area contributed by atoms with Gasteiger partial charge >= 0.3 is 0 Å². The van der Waals surface area contributed by atoms with Crippen molar-refractivity contribution in [1.29, 1.82) is 0 Å². The number of likely N-dealkylation sites (tertiary alicyclic amines) is 1. The monoisotopic (exact) mass is 618 g/mol. The lowest BCUT2D eigenvalue weighted by Crippen LogP contribution is -2.56. The van der Waals surface area contributed by atoms with Gasteiger partial charge in [-0.3, -0.25) is 4.90 Å². The molecule has 1 saturated heterocycles. The summed E-state index contributed by atoms with van der Waals surface area (Å²) in [5.41, 5.74) is -3.11. The second kappa shape index (κ2) is 8.36. The Labute approximate surface area is 237 Å². The molecule has 3 aromatic rings. The van der Waals surface area contributed by atoms with Crippen LogP contribution in [0.4, 0.5) is 8.78 Å². The number of hydrogen-bond donors (Lipinski definition) is 2. The van der Waals surface area contributed by atoms with Crippen molar-refractivity contribution in [3.05, 3.63) is 87.0 Å². The van der Waals surface area contributed by atoms with Crippen LogP contribution in [-0.2, 0) is 11.2 Å². The number of fused-ring (bicyclic) bond motifs is 3. The van der Waals surface area contributed by atoms with Gasteiger partial charge in [-0.25, -0.2) is 13.8 Å². The van der Waals surface area contributed by atoms with E-state index in [1.807, 2.05) is 54.6 Å². The van der Waals surface area contributed by atoms with Gasteiger partial charge in [0.05, 0.1) is 24.3 Å². The summed E-state index contributed by atoms with van der Waals surface area (Å²) >= 11 is 9.79. The third-order valence-corrected chi connectivity index (χ3v) is 10.1. The van der Waals surface area contributed by atoms with Crippen LogP contribution in [0.25, 0.3) is 0 Å². The molecule has 6 nitrogen and oxygen atoms in total. The zero-order chi connectivity index (χ0) is 27.4. The van der Waals surface area contributed by atoms with Crippen LogP contribution in [0.3, 0.4) is 0 Å². The van der Waals surface area contributed by atoms with Gasteiger partial charge in [-0.1, -0.05) is 70.0 Å². The maximum absolute atomic E-state index is 14.5. The highest BCUT2D eigenvalue weighted by molar-refractivity contribution is 9.10. The molecule has 2 N–H and O–H groups in total. The van der Waals surface area contributed by atoms with Gasteiger partial charge in [0.1, 0.15) is 10.9 Å². The van der Waals surface area contributed by atoms with Crippen molar-refractivity contribution in [2.75, 3.05) is 20.2 Å². The Bertz CT molecular complexity index is 1460. The molecule has 0 bridgehead atoms. The summed E-state index contributed by atoms with van der Waals surface area (Å²) in [6, 6.07) is 18.4. The molecule has 204 valence electrons. The molecule has 2 aliphatic carbocycles. The van der Waals surface area contributed by atoms with E-state index in [2.05, 4.69) is 20.9 Å². The van der Waals surface area contributed by atoms with E-state index in [1.165, 1.54) is 13.2 Å². The van der Waals surface area contributed by atoms with Crippen LogP contribution in [-0.4, -0.2) is 57.9 Å². The van der Waals surface area contributed by atoms with E-state index in [-0.39, 0.29) is 35.3 Å². The predicted octanol–water partition coefficient (Wildman–Crippen LogP) is 5.24. The topological polar surface area (TPSA) is 75.0 Å². The van der Waals surface area contributed by atoms with Crippen molar-refractivity contribution in [3.8, 4) is 11.6 Å². The molecular weight excluding hydrogens is 594 g/mol. The standard InChI is InChI=1S/C29H26BrClF2N2O4/c1-38-25-23-20(13-21(31)34-25)39-29(17-7-9-18(30)10-8-17)22(16-5-3-2-4-6-16)19(24(36)28(23,29)37)14-35-12-11-26(35)15-27(26,32)33/h2-10,13,19,22,24,36-37H,11-12,14-15H2,1H3/t19-,22-,24-,26?,28+,29+/m1/s1. The van der Waals surface area contributed by atoms with E-state index in [1.54, 1.807) is 4.90 Å². The number of nitrogens with zero attached hydrogens (tertiary/aromatic N) is 2. The van der Waals surface area contributed by atoms with E-state index in [0.717, 1.165) is 10.0 Å². The Morgan fingerprint density at radius 1 is 1.18 bits per heavy atom. The molecule has 1 aromatic heterocycles. The number of hydrogen-bond acceptors (Lipinski definition) is 6. The van der Waals surface area contributed by atoms with Crippen molar-refractivity contribution in [3.63, 3.8) is 0 Å². The lowest BCUT2D eigenvalue weighted by Gasteiger charge is -2.45. The minimum Gasteiger partial charge on any atom is -0.481 e. The molecule has 4 aliphatic rings. The first-order valence-corrected chi connectivity index (χ1v) is 14.0. The molecule has 2 saturated carbocycles. The van der Waals surface area contributed by atoms with Gasteiger partial charge in [0.2, 0.25) is 5.88 Å². The fourth-order valence-electron chi connectivity index (χ4n) is 7.45. The highest BCUT2D eigenvalue weighted by atomic mass is 79.9. The number of halogens is 4. The summed E-state index contributed by atoms with van der Waals surface area (Å²) in [4.78, 5) is 6.05. The first kappa shape index (κ1) is 25.7. The number of aliphatic hydroxyl groups is 2. The quantitative estimate of drug-likeness (QED) is 0.381. The van der Waals surface area contributed by atoms with Gasteiger partial charge in [-0.2, -0.15) is 0 Å². The van der Waals surface area contributed by atoms with Crippen molar-refractivity contribution in [1.82, 2.24) is 9.88 Å². The van der Waals surface area contributed by atoms with Crippen LogP contribution < -0.4 is 9.47 Å². The molecular formula is C29H26BrClF2N2O4. The van der Waals surface area contributed by atoms with Crippen molar-refractivity contribution >= 4 is 27.5 Å². The van der Waals surface area contributed by atoms with Crippen LogP contribution in [0.5, 0.6) is 11.6 Å². The van der Waals surface area contributed by atoms with Crippen LogP contribution in [0.1, 0.15) is 35.4 Å². The predicted molar refractivity (Wildman–Crippen MR) is 143 cm³/mol. The number of ether oxygens (including phenoxy) is 2. The SMILES string of the molecule is COc1nc(Cl)cc2c1[C@]1(O)[C@H](O)[C@H](CN3CCC34CC4(F)F)[C@@H](c3ccccc3)[C@]1(c1ccc(Br)cc1)O2. The van der Waals surface area contributed by atoms with Crippen molar-refractivity contribution in [2.45, 2.75) is 47.5 Å². The van der Waals surface area contributed by atoms with Crippen molar-refractivity contribution in [2.24, 2.45) is 5.92 Å². The molecule has 0 radical (unpaired) electrons. The largest absolute Gasteiger partial charge is 0.481 e. The molecule has 3 heterocycles. The van der Waals surface area contributed by atoms with Gasteiger partial charge in [0, 0.05) is 41.9 Å². The molecule has 39 heavy (non-hydrogen) atoms. The van der Waals surface area contributed by atoms with Gasteiger partial charge in [-0.15, -0.1) is 0 Å². The van der Waals surface area contributed by atoms with Gasteiger partial charge < -0.3 is 19.7 Å². The number of methoxy groups -OCH3 is 1. The Morgan fingerprint density at radius 2 is 1.87 bits per heavy atom. The van der Waals surface area contributed by atoms with Crippen LogP contribution in [0.15, 0.2) is 65.1 Å². The summed E-state index contributed by atoms with van der Waals surface area (Å²) in [6.07, 6.45) is -1.18. The summed E-state index contributed by atoms with van der Waals surface area (Å²) in [5.74, 6) is -3.74. The second-order valence-corrected chi connectivity index (χ2v) is 12.3. The summed E-state index contributed by atoms with van der Waals surface area (Å²) in [5, 5.41) is 25.2. The molecule has 0 amide bonds. The Balaban J connectivity index is 1.47. The normalized spacial score (nSPS) is 35.7. The summed E-state index contributed by atoms with van der Waals surface area (Å²) in [6.45, 7) is 0.668. The van der Waals surface area contributed by atoms with E-state index in [9.17, 15) is 19.0 Å². The maximum Gasteiger partial charge on any atom is 0.268 e. The minimum absolute atomic E-state index is 0.0413. The average Bonchev–Trinajstić information content (AvgIpc) is 3.37. The third kappa shape index (κ3) is 3.19. The third-order valence-electron chi connectivity index (χ3n) is 9.36. The number of rotatable bonds is 5. The van der Waals surface area contributed by atoms with Gasteiger partial charge in [0.25, 0.3) is 5.92 Å². The first-order chi connectivity index (χ1) is 18.6. The summed E-state index contributed by atoms with van der Waals surface area (Å²) in [7, 11) is 1.41. The van der Waals surface area contributed by atoms with Crippen LogP contribution in [0, 0.1) is 5.92 Å². The second-order valence-electron chi connectivity index (χ2n) is 11.0. The van der Waals surface area contributed by atoms with E-state index in [0.29, 0.717) is 18.5 Å². The lowest BCUT2D eigenvalue weighted by atomic mass is 9.70. The maximum atomic E-state index is 14.5. The molecule has 7 rings (SSSR count). The molecule has 1 spiro atoms. The number of benzene rings is 2. The van der Waals surface area contributed by atoms with Gasteiger partial charge in [-0.05, 0) is 29.7 Å². The van der Waals surface area contributed by atoms with Crippen molar-refractivity contribution < 1.29 is 28.5 Å². The molecule has 2 aromatic carbocycles. The molecule has 10 heteroatoms. The zero-order valence-corrected chi connectivity index (χ0v) is 23.3. The van der Waals surface area contributed by atoms with Gasteiger partial charge in [0.15, 0.2) is 11.2 Å². The molecule has 1 unspecified atom stereocenters. The van der Waals surface area contributed by atoms with E-state index < -0.39 is 40.6 Å². The number of aromatic nitrogens is 1. The number of aliphatic hydroxyl groups excluding tert-OH is 1. The number of alkyl halides is 2. The molecule has 2 aliphatic heterocycles. The number of pyridine rings is 1. The lowest BCUT2D eigenvalue weighted by molar-refractivity contribution is -0.153. The summed E-state index contributed by atoms with van der Waals surface area (Å²) < 4.78 is 42.1. The highest BCUT2D eigenvalue weighted by Gasteiger charge is 2.80. The van der Waals surface area contributed by atoms with Crippen LogP contribution >= 0.6 is 27.5 Å². The highest BCUT2D eigenvalue weighted by Crippen LogP contribution is 2.71. The smallest absolute Gasteiger partial charge is 0.268 e. The minimum atomic E-state index is -2.75. The van der Waals surface area contributed by atoms with E-state index >= 15 is 0 Å². The fraction of sp³-hybridized carbons (Fsp3) is 0.414. The molecule has 3 fully saturated rings. The van der Waals surface area contributed by atoms with E-state index in [4.69, 9.17) is 21.1 Å². The Hall–Kier alpha value is -2.30.